The maximum absolute atomic E-state index is 12.8. The molecule has 22 heavy (non-hydrogen) atoms. The van der Waals surface area contributed by atoms with Gasteiger partial charge in [0.15, 0.2) is 5.03 Å². The highest BCUT2D eigenvalue weighted by molar-refractivity contribution is 7.89. The summed E-state index contributed by atoms with van der Waals surface area (Å²) >= 11 is 2.92. The molecule has 6 nitrogen and oxygen atoms in total. The molecule has 0 radical (unpaired) electrons. The monoisotopic (exact) mass is 356 g/mol. The van der Waals surface area contributed by atoms with Crippen molar-refractivity contribution in [3.05, 3.63) is 33.1 Å². The van der Waals surface area contributed by atoms with E-state index >= 15 is 0 Å². The van der Waals surface area contributed by atoms with Gasteiger partial charge in [-0.1, -0.05) is 24.3 Å². The molecule has 0 saturated heterocycles. The van der Waals surface area contributed by atoms with Gasteiger partial charge in [0.25, 0.3) is 10.0 Å². The van der Waals surface area contributed by atoms with E-state index in [2.05, 4.69) is 14.8 Å². The Bertz CT molecular complexity index is 893. The first kappa shape index (κ1) is 15.6. The van der Waals surface area contributed by atoms with Crippen molar-refractivity contribution >= 4 is 37.7 Å². The van der Waals surface area contributed by atoms with Crippen LogP contribution in [0.5, 0.6) is 0 Å². The van der Waals surface area contributed by atoms with Crippen molar-refractivity contribution in [3.63, 3.8) is 0 Å². The van der Waals surface area contributed by atoms with Crippen LogP contribution >= 0.6 is 22.7 Å². The van der Waals surface area contributed by atoms with E-state index in [4.69, 9.17) is 0 Å². The second kappa shape index (κ2) is 5.73. The van der Waals surface area contributed by atoms with Crippen LogP contribution in [-0.2, 0) is 10.0 Å². The van der Waals surface area contributed by atoms with Crippen LogP contribution in [0.3, 0.4) is 0 Å². The van der Waals surface area contributed by atoms with Gasteiger partial charge in [-0.3, -0.25) is 0 Å². The van der Waals surface area contributed by atoms with Crippen LogP contribution in [0.2, 0.25) is 0 Å². The van der Waals surface area contributed by atoms with Gasteiger partial charge in [0.1, 0.15) is 5.01 Å². The van der Waals surface area contributed by atoms with Crippen LogP contribution in [-0.4, -0.2) is 23.0 Å². The molecule has 0 unspecified atom stereocenters. The maximum Gasteiger partial charge on any atom is 0.260 e. The summed E-state index contributed by atoms with van der Waals surface area (Å²) in [5.74, 6) is 0. The number of thiophene rings is 1. The van der Waals surface area contributed by atoms with E-state index < -0.39 is 10.0 Å². The van der Waals surface area contributed by atoms with Crippen LogP contribution in [0, 0.1) is 13.8 Å². The van der Waals surface area contributed by atoms with Crippen molar-refractivity contribution in [1.82, 2.24) is 19.3 Å². The van der Waals surface area contributed by atoms with E-state index in [-0.39, 0.29) is 11.1 Å². The molecule has 1 atom stereocenters. The van der Waals surface area contributed by atoms with Crippen molar-refractivity contribution < 1.29 is 8.42 Å². The first-order valence-electron chi connectivity index (χ1n) is 6.81. The van der Waals surface area contributed by atoms with Gasteiger partial charge in [-0.25, -0.2) is 18.1 Å². The SMILES string of the molecule is CC[C@H](NS(=O)(=O)c1c(C)nc2sc(C)nn12)c1cccs1. The lowest BCUT2D eigenvalue weighted by molar-refractivity contribution is 0.545. The third kappa shape index (κ3) is 2.69. The zero-order chi connectivity index (χ0) is 15.9. The minimum absolute atomic E-state index is 0.127. The number of hydrogen-bond acceptors (Lipinski definition) is 6. The van der Waals surface area contributed by atoms with Gasteiger partial charge in [-0.05, 0) is 31.7 Å². The van der Waals surface area contributed by atoms with Gasteiger partial charge in [-0.15, -0.1) is 11.3 Å². The summed E-state index contributed by atoms with van der Waals surface area (Å²) < 4.78 is 29.8. The fraction of sp³-hybridized carbons (Fsp3) is 0.385. The quantitative estimate of drug-likeness (QED) is 0.762. The summed E-state index contributed by atoms with van der Waals surface area (Å²) in [6, 6.07) is 3.62. The Labute approximate surface area is 136 Å². The zero-order valence-corrected chi connectivity index (χ0v) is 14.8. The number of nitrogens with zero attached hydrogens (tertiary/aromatic N) is 3. The van der Waals surface area contributed by atoms with E-state index in [0.29, 0.717) is 17.1 Å². The van der Waals surface area contributed by atoms with Crippen LogP contribution in [0.15, 0.2) is 22.5 Å². The molecule has 118 valence electrons. The number of rotatable bonds is 5. The Morgan fingerprint density at radius 1 is 1.41 bits per heavy atom. The lowest BCUT2D eigenvalue weighted by Crippen LogP contribution is -2.29. The summed E-state index contributed by atoms with van der Waals surface area (Å²) in [5.41, 5.74) is 0.465. The molecule has 0 amide bonds. The Hall–Kier alpha value is -1.29. The lowest BCUT2D eigenvalue weighted by atomic mass is 10.2. The van der Waals surface area contributed by atoms with Crippen molar-refractivity contribution in [2.75, 3.05) is 0 Å². The molecule has 0 aliphatic carbocycles. The highest BCUT2D eigenvalue weighted by Gasteiger charge is 2.28. The first-order chi connectivity index (χ1) is 10.4. The normalized spacial score (nSPS) is 13.8. The van der Waals surface area contributed by atoms with Gasteiger partial charge in [0.2, 0.25) is 4.96 Å². The largest absolute Gasteiger partial charge is 0.260 e. The molecule has 0 spiro atoms. The van der Waals surface area contributed by atoms with Crippen molar-refractivity contribution in [1.29, 1.82) is 0 Å². The summed E-state index contributed by atoms with van der Waals surface area (Å²) in [6.07, 6.45) is 0.677. The lowest BCUT2D eigenvalue weighted by Gasteiger charge is -2.15. The van der Waals surface area contributed by atoms with E-state index in [0.717, 1.165) is 9.88 Å². The second-order valence-corrected chi connectivity index (χ2v) is 8.68. The van der Waals surface area contributed by atoms with E-state index in [1.807, 2.05) is 31.4 Å². The molecule has 3 aromatic rings. The Morgan fingerprint density at radius 2 is 2.18 bits per heavy atom. The van der Waals surface area contributed by atoms with Crippen LogP contribution in [0.1, 0.15) is 35.0 Å². The Kier molecular flexibility index (Phi) is 4.06. The molecule has 0 aromatic carbocycles. The summed E-state index contributed by atoms with van der Waals surface area (Å²) in [6.45, 7) is 5.48. The maximum atomic E-state index is 12.8. The first-order valence-corrected chi connectivity index (χ1v) is 9.99. The zero-order valence-electron chi connectivity index (χ0n) is 12.4. The molecule has 3 heterocycles. The van der Waals surface area contributed by atoms with Gasteiger partial charge >= 0.3 is 0 Å². The third-order valence-electron chi connectivity index (χ3n) is 3.27. The predicted molar refractivity (Wildman–Crippen MR) is 88.0 cm³/mol. The third-order valence-corrected chi connectivity index (χ3v) is 6.66. The number of hydrogen-bond donors (Lipinski definition) is 1. The molecule has 1 N–H and O–H groups in total. The minimum Gasteiger partial charge on any atom is -0.221 e. The number of fused-ring (bicyclic) bond motifs is 1. The van der Waals surface area contributed by atoms with Crippen LogP contribution in [0.4, 0.5) is 0 Å². The molecule has 3 aromatic heterocycles. The number of sulfonamides is 1. The fourth-order valence-electron chi connectivity index (χ4n) is 2.31. The average molecular weight is 356 g/mol. The second-order valence-electron chi connectivity index (χ2n) is 4.92. The standard InChI is InChI=1S/C13H16N4O2S3/c1-4-10(11-6-5-7-20-11)16-22(18,19)12-8(2)14-13-17(12)15-9(3)21-13/h5-7,10,16H,4H2,1-3H3/t10-/m0/s1. The number of aromatic nitrogens is 3. The fourth-order valence-corrected chi connectivity index (χ4v) is 5.66. The molecular weight excluding hydrogens is 340 g/mol. The van der Waals surface area contributed by atoms with Crippen molar-refractivity contribution in [3.8, 4) is 0 Å². The summed E-state index contributed by atoms with van der Waals surface area (Å²) in [7, 11) is -3.70. The number of imidazole rings is 1. The molecule has 0 saturated carbocycles. The molecule has 0 aliphatic rings. The van der Waals surface area contributed by atoms with Crippen LogP contribution < -0.4 is 4.72 Å². The number of aryl methyl sites for hydroxylation is 2. The van der Waals surface area contributed by atoms with Gasteiger partial charge < -0.3 is 0 Å². The van der Waals surface area contributed by atoms with Gasteiger partial charge in [-0.2, -0.15) is 9.61 Å². The molecule has 0 aliphatic heterocycles. The average Bonchev–Trinajstić information content (AvgIpc) is 3.11. The highest BCUT2D eigenvalue weighted by atomic mass is 32.2. The topological polar surface area (TPSA) is 76.4 Å². The summed E-state index contributed by atoms with van der Waals surface area (Å²) in [5, 5.41) is 7.10. The molecular formula is C13H16N4O2S3. The molecule has 0 fully saturated rings. The molecule has 0 bridgehead atoms. The number of nitrogens with one attached hydrogen (secondary N) is 1. The summed E-state index contributed by atoms with van der Waals surface area (Å²) in [4.78, 5) is 5.89. The van der Waals surface area contributed by atoms with E-state index in [1.165, 1.54) is 15.9 Å². The van der Waals surface area contributed by atoms with Crippen LogP contribution in [0.25, 0.3) is 4.96 Å². The molecule has 9 heteroatoms. The van der Waals surface area contributed by atoms with E-state index in [1.54, 1.807) is 18.3 Å². The van der Waals surface area contributed by atoms with E-state index in [9.17, 15) is 8.42 Å². The minimum atomic E-state index is -3.70. The molecule has 3 rings (SSSR count). The van der Waals surface area contributed by atoms with Crippen molar-refractivity contribution in [2.45, 2.75) is 38.3 Å². The van der Waals surface area contributed by atoms with Gasteiger partial charge in [0.05, 0.1) is 11.7 Å². The van der Waals surface area contributed by atoms with Gasteiger partial charge in [0, 0.05) is 4.88 Å². The highest BCUT2D eigenvalue weighted by Crippen LogP contribution is 2.26. The smallest absolute Gasteiger partial charge is 0.221 e. The Balaban J connectivity index is 2.02. The predicted octanol–water partition coefficient (Wildman–Crippen LogP) is 2.90. The van der Waals surface area contributed by atoms with Crippen molar-refractivity contribution in [2.24, 2.45) is 0 Å². The Morgan fingerprint density at radius 3 is 2.82 bits per heavy atom.